The minimum absolute atomic E-state index is 0.284. The van der Waals surface area contributed by atoms with Crippen LogP contribution in [0.2, 0.25) is 0 Å². The zero-order valence-corrected chi connectivity index (χ0v) is 13.6. The van der Waals surface area contributed by atoms with Gasteiger partial charge in [0.2, 0.25) is 0 Å². The lowest BCUT2D eigenvalue weighted by Gasteiger charge is -2.39. The van der Waals surface area contributed by atoms with Gasteiger partial charge in [0.1, 0.15) is 0 Å². The Bertz CT molecular complexity index is 741. The fourth-order valence-electron chi connectivity index (χ4n) is 3.37. The van der Waals surface area contributed by atoms with E-state index >= 15 is 0 Å². The van der Waals surface area contributed by atoms with Crippen LogP contribution in [0.1, 0.15) is 43.0 Å². The predicted molar refractivity (Wildman–Crippen MR) is 89.0 cm³/mol. The third-order valence-corrected chi connectivity index (χ3v) is 4.77. The van der Waals surface area contributed by atoms with Gasteiger partial charge in [0.15, 0.2) is 0 Å². The number of hydrogen-bond donors (Lipinski definition) is 2. The zero-order chi connectivity index (χ0) is 17.2. The quantitative estimate of drug-likeness (QED) is 0.904. The SMILES string of the molecule is CC1(NC(=O)c2cnn(-c3ccccc3)c2)CCCCC1C(=O)O. The molecular weight excluding hydrogens is 306 g/mol. The van der Waals surface area contributed by atoms with Crippen LogP contribution in [0.3, 0.4) is 0 Å². The molecule has 2 N–H and O–H groups in total. The van der Waals surface area contributed by atoms with Gasteiger partial charge in [-0.1, -0.05) is 31.0 Å². The molecule has 1 saturated carbocycles. The van der Waals surface area contributed by atoms with Crippen LogP contribution in [0.5, 0.6) is 0 Å². The number of rotatable bonds is 4. The number of benzene rings is 1. The molecule has 1 aliphatic carbocycles. The number of aromatic nitrogens is 2. The van der Waals surface area contributed by atoms with Gasteiger partial charge in [0.05, 0.1) is 28.9 Å². The van der Waals surface area contributed by atoms with E-state index in [0.717, 1.165) is 18.5 Å². The number of para-hydroxylation sites is 1. The molecule has 0 aliphatic heterocycles. The smallest absolute Gasteiger partial charge is 0.308 e. The lowest BCUT2D eigenvalue weighted by atomic mass is 9.74. The highest BCUT2D eigenvalue weighted by Gasteiger charge is 2.42. The van der Waals surface area contributed by atoms with E-state index in [1.54, 1.807) is 10.9 Å². The van der Waals surface area contributed by atoms with Crippen LogP contribution < -0.4 is 5.32 Å². The van der Waals surface area contributed by atoms with E-state index in [-0.39, 0.29) is 5.91 Å². The second-order valence-electron chi connectivity index (χ2n) is 6.52. The van der Waals surface area contributed by atoms with Gasteiger partial charge in [0.25, 0.3) is 5.91 Å². The van der Waals surface area contributed by atoms with Crippen LogP contribution in [0.4, 0.5) is 0 Å². The van der Waals surface area contributed by atoms with E-state index < -0.39 is 17.4 Å². The molecule has 0 spiro atoms. The van der Waals surface area contributed by atoms with Crippen LogP contribution in [-0.4, -0.2) is 32.3 Å². The molecule has 6 nitrogen and oxygen atoms in total. The molecule has 2 atom stereocenters. The van der Waals surface area contributed by atoms with Crippen molar-refractivity contribution in [3.05, 3.63) is 48.3 Å². The van der Waals surface area contributed by atoms with Crippen molar-refractivity contribution in [3.8, 4) is 5.69 Å². The number of nitrogens with zero attached hydrogens (tertiary/aromatic N) is 2. The normalized spacial score (nSPS) is 23.6. The summed E-state index contributed by atoms with van der Waals surface area (Å²) in [7, 11) is 0. The van der Waals surface area contributed by atoms with E-state index in [4.69, 9.17) is 0 Å². The van der Waals surface area contributed by atoms with Crippen LogP contribution in [0.25, 0.3) is 5.69 Å². The Kier molecular flexibility index (Phi) is 4.38. The van der Waals surface area contributed by atoms with Crippen molar-refractivity contribution in [2.24, 2.45) is 5.92 Å². The van der Waals surface area contributed by atoms with Crippen molar-refractivity contribution < 1.29 is 14.7 Å². The fraction of sp³-hybridized carbons (Fsp3) is 0.389. The van der Waals surface area contributed by atoms with Crippen molar-refractivity contribution in [3.63, 3.8) is 0 Å². The number of carbonyl (C=O) groups is 2. The van der Waals surface area contributed by atoms with Crippen molar-refractivity contribution in [2.75, 3.05) is 0 Å². The molecule has 6 heteroatoms. The predicted octanol–water partition coefficient (Wildman–Crippen LogP) is 2.64. The summed E-state index contributed by atoms with van der Waals surface area (Å²) in [6.07, 6.45) is 6.23. The average molecular weight is 327 g/mol. The standard InChI is InChI=1S/C18H21N3O3/c1-18(10-6-5-9-15(18)17(23)24)20-16(22)13-11-19-21(12-13)14-7-3-2-4-8-14/h2-4,7-8,11-12,15H,5-6,9-10H2,1H3,(H,20,22)(H,23,24). The zero-order valence-electron chi connectivity index (χ0n) is 13.6. The van der Waals surface area contributed by atoms with E-state index in [9.17, 15) is 14.7 Å². The molecule has 126 valence electrons. The van der Waals surface area contributed by atoms with Crippen LogP contribution >= 0.6 is 0 Å². The molecule has 24 heavy (non-hydrogen) atoms. The Morgan fingerprint density at radius 1 is 1.29 bits per heavy atom. The van der Waals surface area contributed by atoms with Gasteiger partial charge in [-0.3, -0.25) is 9.59 Å². The van der Waals surface area contributed by atoms with Gasteiger partial charge in [-0.25, -0.2) is 4.68 Å². The van der Waals surface area contributed by atoms with E-state index in [2.05, 4.69) is 10.4 Å². The third kappa shape index (κ3) is 3.18. The highest BCUT2D eigenvalue weighted by Crippen LogP contribution is 2.34. The van der Waals surface area contributed by atoms with E-state index in [0.29, 0.717) is 18.4 Å². The monoisotopic (exact) mass is 327 g/mol. The number of amides is 1. The summed E-state index contributed by atoms with van der Waals surface area (Å²) in [6, 6.07) is 9.51. The molecule has 1 aromatic carbocycles. The van der Waals surface area contributed by atoms with Crippen molar-refractivity contribution in [1.29, 1.82) is 0 Å². The summed E-state index contributed by atoms with van der Waals surface area (Å²) < 4.78 is 1.63. The second kappa shape index (κ2) is 6.47. The minimum atomic E-state index is -0.850. The number of nitrogens with one attached hydrogen (secondary N) is 1. The first kappa shape index (κ1) is 16.2. The molecule has 0 bridgehead atoms. The highest BCUT2D eigenvalue weighted by atomic mass is 16.4. The topological polar surface area (TPSA) is 84.2 Å². The van der Waals surface area contributed by atoms with Gasteiger partial charge in [-0.05, 0) is 31.9 Å². The van der Waals surface area contributed by atoms with Crippen molar-refractivity contribution >= 4 is 11.9 Å². The van der Waals surface area contributed by atoms with Gasteiger partial charge in [-0.15, -0.1) is 0 Å². The van der Waals surface area contributed by atoms with Crippen molar-refractivity contribution in [2.45, 2.75) is 38.1 Å². The molecule has 2 aromatic rings. The Morgan fingerprint density at radius 2 is 2.04 bits per heavy atom. The maximum absolute atomic E-state index is 12.6. The first-order valence-electron chi connectivity index (χ1n) is 8.15. The molecule has 1 amide bonds. The second-order valence-corrected chi connectivity index (χ2v) is 6.52. The van der Waals surface area contributed by atoms with Crippen LogP contribution in [0, 0.1) is 5.92 Å². The molecule has 2 unspecified atom stereocenters. The Morgan fingerprint density at radius 3 is 2.75 bits per heavy atom. The first-order valence-corrected chi connectivity index (χ1v) is 8.15. The van der Waals surface area contributed by atoms with E-state index in [1.165, 1.54) is 6.20 Å². The summed E-state index contributed by atoms with van der Waals surface area (Å²) in [5.74, 6) is -1.69. The molecule has 1 fully saturated rings. The Labute approximate surface area is 140 Å². The van der Waals surface area contributed by atoms with Crippen molar-refractivity contribution in [1.82, 2.24) is 15.1 Å². The maximum Gasteiger partial charge on any atom is 0.308 e. The highest BCUT2D eigenvalue weighted by molar-refractivity contribution is 5.94. The lowest BCUT2D eigenvalue weighted by molar-refractivity contribution is -0.145. The summed E-state index contributed by atoms with van der Waals surface area (Å²) in [5, 5.41) is 16.6. The lowest BCUT2D eigenvalue weighted by Crippen LogP contribution is -2.55. The molecule has 1 heterocycles. The summed E-state index contributed by atoms with van der Waals surface area (Å²) in [4.78, 5) is 24.1. The van der Waals surface area contributed by atoms with Gasteiger partial charge in [0, 0.05) is 6.20 Å². The number of carboxylic acid groups (broad SMARTS) is 1. The molecular formula is C18H21N3O3. The van der Waals surface area contributed by atoms with Gasteiger partial charge >= 0.3 is 5.97 Å². The van der Waals surface area contributed by atoms with Gasteiger partial charge in [-0.2, -0.15) is 5.10 Å². The molecule has 3 rings (SSSR count). The fourth-order valence-corrected chi connectivity index (χ4v) is 3.37. The van der Waals surface area contributed by atoms with Crippen LogP contribution in [-0.2, 0) is 4.79 Å². The summed E-state index contributed by atoms with van der Waals surface area (Å²) >= 11 is 0. The Hall–Kier alpha value is -2.63. The number of aliphatic carboxylic acids is 1. The largest absolute Gasteiger partial charge is 0.481 e. The number of carboxylic acids is 1. The van der Waals surface area contributed by atoms with Crippen LogP contribution in [0.15, 0.2) is 42.7 Å². The molecule has 1 aromatic heterocycles. The first-order chi connectivity index (χ1) is 11.5. The maximum atomic E-state index is 12.6. The van der Waals surface area contributed by atoms with Gasteiger partial charge < -0.3 is 10.4 Å². The summed E-state index contributed by atoms with van der Waals surface area (Å²) in [5.41, 5.74) is 0.564. The number of hydrogen-bond acceptors (Lipinski definition) is 3. The third-order valence-electron chi connectivity index (χ3n) is 4.77. The molecule has 0 radical (unpaired) electrons. The van der Waals surface area contributed by atoms with E-state index in [1.807, 2.05) is 37.3 Å². The average Bonchev–Trinajstić information content (AvgIpc) is 3.05. The summed E-state index contributed by atoms with van der Waals surface area (Å²) in [6.45, 7) is 1.82. The number of carbonyl (C=O) groups excluding carboxylic acids is 1. The Balaban J connectivity index is 1.77. The minimum Gasteiger partial charge on any atom is -0.481 e. The molecule has 1 aliphatic rings. The molecule has 0 saturated heterocycles.